The Hall–Kier alpha value is -2.47. The van der Waals surface area contributed by atoms with E-state index in [0.29, 0.717) is 18.7 Å². The van der Waals surface area contributed by atoms with Gasteiger partial charge in [0.15, 0.2) is 11.6 Å². The van der Waals surface area contributed by atoms with Gasteiger partial charge in [-0.05, 0) is 24.3 Å². The minimum absolute atomic E-state index is 0.0466. The van der Waals surface area contributed by atoms with Crippen molar-refractivity contribution in [2.45, 2.75) is 20.4 Å². The normalized spacial score (nSPS) is 9.80. The van der Waals surface area contributed by atoms with Gasteiger partial charge in [-0.3, -0.25) is 0 Å². The average Bonchev–Trinajstić information content (AvgIpc) is 2.65. The Labute approximate surface area is 146 Å². The molecule has 4 nitrogen and oxygen atoms in total. The third kappa shape index (κ3) is 6.51. The van der Waals surface area contributed by atoms with Gasteiger partial charge in [0.2, 0.25) is 0 Å². The van der Waals surface area contributed by atoms with Crippen LogP contribution >= 0.6 is 0 Å². The van der Waals surface area contributed by atoms with E-state index in [4.69, 9.17) is 4.74 Å². The van der Waals surface area contributed by atoms with Crippen molar-refractivity contribution in [1.82, 2.24) is 5.32 Å². The van der Waals surface area contributed by atoms with Gasteiger partial charge in [-0.1, -0.05) is 32.0 Å². The topological polar surface area (TPSA) is 47.6 Å². The maximum absolute atomic E-state index is 13.8. The van der Waals surface area contributed by atoms with Gasteiger partial charge in [0.05, 0.1) is 12.7 Å². The minimum Gasteiger partial charge on any atom is -0.489 e. The van der Waals surface area contributed by atoms with E-state index < -0.39 is 11.8 Å². The first-order chi connectivity index (χ1) is 12.1. The Balaban J connectivity index is 0.00000151. The van der Waals surface area contributed by atoms with Crippen LogP contribution in [0.3, 0.4) is 0 Å². The van der Waals surface area contributed by atoms with E-state index in [2.05, 4.69) is 10.1 Å². The van der Waals surface area contributed by atoms with E-state index in [1.807, 2.05) is 13.8 Å². The summed E-state index contributed by atoms with van der Waals surface area (Å²) in [6, 6.07) is 10.3. The van der Waals surface area contributed by atoms with E-state index in [0.717, 1.165) is 6.07 Å². The summed E-state index contributed by atoms with van der Waals surface area (Å²) in [5, 5.41) is 3.01. The molecule has 0 heterocycles. The third-order valence-electron chi connectivity index (χ3n) is 3.16. The largest absolute Gasteiger partial charge is 0.489 e. The second-order valence-electron chi connectivity index (χ2n) is 4.75. The molecule has 0 aliphatic rings. The molecule has 0 fully saturated rings. The second-order valence-corrected chi connectivity index (χ2v) is 4.75. The van der Waals surface area contributed by atoms with E-state index in [9.17, 15) is 13.6 Å². The van der Waals surface area contributed by atoms with E-state index in [-0.39, 0.29) is 23.7 Å². The van der Waals surface area contributed by atoms with Gasteiger partial charge in [0.1, 0.15) is 12.4 Å². The van der Waals surface area contributed by atoms with Gasteiger partial charge in [-0.25, -0.2) is 13.6 Å². The predicted octanol–water partition coefficient (Wildman–Crippen LogP) is 3.95. The Morgan fingerprint density at radius 1 is 1.08 bits per heavy atom. The van der Waals surface area contributed by atoms with Crippen molar-refractivity contribution in [3.05, 3.63) is 65.2 Å². The highest BCUT2D eigenvalue weighted by Gasteiger charge is 2.10. The lowest BCUT2D eigenvalue weighted by Crippen LogP contribution is -2.21. The summed E-state index contributed by atoms with van der Waals surface area (Å²) in [5.74, 6) is -1.47. The Bertz CT molecular complexity index is 677. The van der Waals surface area contributed by atoms with Crippen LogP contribution in [0.4, 0.5) is 8.78 Å². The Kier molecular flexibility index (Phi) is 9.17. The van der Waals surface area contributed by atoms with Crippen LogP contribution in [0.1, 0.15) is 29.8 Å². The van der Waals surface area contributed by atoms with Gasteiger partial charge in [-0.15, -0.1) is 0 Å². The summed E-state index contributed by atoms with van der Waals surface area (Å²) in [5.41, 5.74) is 0.677. The van der Waals surface area contributed by atoms with Crippen LogP contribution in [0.2, 0.25) is 0 Å². The lowest BCUT2D eigenvalue weighted by atomic mass is 10.2. The van der Waals surface area contributed by atoms with Gasteiger partial charge < -0.3 is 14.8 Å². The van der Waals surface area contributed by atoms with Gasteiger partial charge >= 0.3 is 5.97 Å². The van der Waals surface area contributed by atoms with Gasteiger partial charge in [0.25, 0.3) is 0 Å². The first-order valence-electron chi connectivity index (χ1n) is 8.06. The van der Waals surface area contributed by atoms with Crippen molar-refractivity contribution in [3.63, 3.8) is 0 Å². The SMILES string of the molecule is CC.COC(=O)c1ccc(OCCNCc2ccccc2F)c(F)c1. The molecule has 0 atom stereocenters. The molecule has 0 bridgehead atoms. The Morgan fingerprint density at radius 3 is 2.44 bits per heavy atom. The number of rotatable bonds is 7. The third-order valence-corrected chi connectivity index (χ3v) is 3.16. The van der Waals surface area contributed by atoms with Crippen molar-refractivity contribution in [1.29, 1.82) is 0 Å². The molecule has 2 aromatic carbocycles. The summed E-state index contributed by atoms with van der Waals surface area (Å²) in [4.78, 5) is 11.3. The van der Waals surface area contributed by atoms with Crippen LogP contribution in [0.15, 0.2) is 42.5 Å². The number of benzene rings is 2. The maximum atomic E-state index is 13.8. The second kappa shape index (κ2) is 11.1. The van der Waals surface area contributed by atoms with Crippen LogP contribution in [0.5, 0.6) is 5.75 Å². The lowest BCUT2D eigenvalue weighted by Gasteiger charge is -2.09. The fourth-order valence-electron chi connectivity index (χ4n) is 1.96. The Morgan fingerprint density at radius 2 is 1.80 bits per heavy atom. The summed E-state index contributed by atoms with van der Waals surface area (Å²) in [7, 11) is 1.23. The van der Waals surface area contributed by atoms with Crippen LogP contribution < -0.4 is 10.1 Å². The standard InChI is InChI=1S/C17H17F2NO3.C2H6/c1-22-17(21)12-6-7-16(15(19)10-12)23-9-8-20-11-13-4-2-3-5-14(13)18;1-2/h2-7,10,20H,8-9,11H2,1H3;1-2H3. The average molecular weight is 351 g/mol. The zero-order valence-electron chi connectivity index (χ0n) is 14.6. The molecule has 0 saturated carbocycles. The van der Waals surface area contributed by atoms with Crippen LogP contribution in [-0.4, -0.2) is 26.2 Å². The molecule has 2 rings (SSSR count). The highest BCUT2D eigenvalue weighted by molar-refractivity contribution is 5.89. The number of hydrogen-bond donors (Lipinski definition) is 1. The minimum atomic E-state index is -0.637. The zero-order valence-corrected chi connectivity index (χ0v) is 14.6. The van der Waals surface area contributed by atoms with Crippen molar-refractivity contribution in [2.75, 3.05) is 20.3 Å². The van der Waals surface area contributed by atoms with E-state index in [1.165, 1.54) is 25.3 Å². The fourth-order valence-corrected chi connectivity index (χ4v) is 1.96. The number of methoxy groups -OCH3 is 1. The van der Waals surface area contributed by atoms with Crippen molar-refractivity contribution in [3.8, 4) is 5.75 Å². The lowest BCUT2D eigenvalue weighted by molar-refractivity contribution is 0.0600. The molecule has 0 aliphatic carbocycles. The highest BCUT2D eigenvalue weighted by Crippen LogP contribution is 2.18. The molecule has 0 spiro atoms. The summed E-state index contributed by atoms with van der Waals surface area (Å²) in [6.07, 6.45) is 0. The van der Waals surface area contributed by atoms with Crippen LogP contribution in [0.25, 0.3) is 0 Å². The van der Waals surface area contributed by atoms with Gasteiger partial charge in [-0.2, -0.15) is 0 Å². The molecule has 136 valence electrons. The highest BCUT2D eigenvalue weighted by atomic mass is 19.1. The summed E-state index contributed by atoms with van der Waals surface area (Å²) in [6.45, 7) is 5.00. The molecule has 0 aromatic heterocycles. The van der Waals surface area contributed by atoms with Gasteiger partial charge in [0, 0.05) is 18.7 Å². The molecule has 1 N–H and O–H groups in total. The number of carbonyl (C=O) groups is 1. The summed E-state index contributed by atoms with van der Waals surface area (Å²) >= 11 is 0. The number of ether oxygens (including phenoxy) is 2. The summed E-state index contributed by atoms with van der Waals surface area (Å²) < 4.78 is 37.0. The molecule has 6 heteroatoms. The number of carbonyl (C=O) groups excluding carboxylic acids is 1. The fraction of sp³-hybridized carbons (Fsp3) is 0.316. The van der Waals surface area contributed by atoms with Crippen molar-refractivity contribution < 1.29 is 23.0 Å². The number of nitrogens with one attached hydrogen (secondary N) is 1. The first-order valence-corrected chi connectivity index (χ1v) is 8.06. The molecular weight excluding hydrogens is 328 g/mol. The van der Waals surface area contributed by atoms with E-state index in [1.54, 1.807) is 18.2 Å². The number of hydrogen-bond acceptors (Lipinski definition) is 4. The first kappa shape index (κ1) is 20.6. The maximum Gasteiger partial charge on any atom is 0.337 e. The zero-order chi connectivity index (χ0) is 18.7. The molecular formula is C19H23F2NO3. The number of esters is 1. The van der Waals surface area contributed by atoms with Crippen molar-refractivity contribution >= 4 is 5.97 Å². The van der Waals surface area contributed by atoms with E-state index >= 15 is 0 Å². The molecule has 0 aliphatic heterocycles. The van der Waals surface area contributed by atoms with Crippen LogP contribution in [0, 0.1) is 11.6 Å². The molecule has 0 radical (unpaired) electrons. The molecule has 0 saturated heterocycles. The predicted molar refractivity (Wildman–Crippen MR) is 92.7 cm³/mol. The molecule has 0 amide bonds. The smallest absolute Gasteiger partial charge is 0.337 e. The van der Waals surface area contributed by atoms with Crippen molar-refractivity contribution in [2.24, 2.45) is 0 Å². The molecule has 25 heavy (non-hydrogen) atoms. The quantitative estimate of drug-likeness (QED) is 0.606. The monoisotopic (exact) mass is 351 g/mol. The molecule has 2 aromatic rings. The molecule has 0 unspecified atom stereocenters. The van der Waals surface area contributed by atoms with Crippen LogP contribution in [-0.2, 0) is 11.3 Å². The number of halogens is 2.